The summed E-state index contributed by atoms with van der Waals surface area (Å²) in [4.78, 5) is 11.1. The van der Waals surface area contributed by atoms with Gasteiger partial charge in [-0.15, -0.1) is 0 Å². The lowest BCUT2D eigenvalue weighted by Gasteiger charge is -2.23. The molecule has 0 spiro atoms. The molecule has 0 bridgehead atoms. The summed E-state index contributed by atoms with van der Waals surface area (Å²) < 4.78 is 0. The van der Waals surface area contributed by atoms with Crippen molar-refractivity contribution >= 4 is 11.7 Å². The molecular weight excluding hydrogens is 194 g/mol. The number of carbonyl (C=O) groups is 1. The van der Waals surface area contributed by atoms with Crippen LogP contribution in [-0.2, 0) is 10.2 Å². The molecule has 0 aliphatic carbocycles. The molecule has 1 atom stereocenters. The maximum Gasteiger partial charge on any atom is 0.313 e. The summed E-state index contributed by atoms with van der Waals surface area (Å²) in [6, 6.07) is 4.51. The van der Waals surface area contributed by atoms with Gasteiger partial charge in [0.15, 0.2) is 0 Å². The molecule has 15 heavy (non-hydrogen) atoms. The predicted octanol–water partition coefficient (Wildman–Crippen LogP) is 1.73. The molecule has 82 valence electrons. The Bertz CT molecular complexity index is 389. The van der Waals surface area contributed by atoms with E-state index in [1.807, 2.05) is 0 Å². The topological polar surface area (TPSA) is 83.5 Å². The Morgan fingerprint density at radius 1 is 1.53 bits per heavy atom. The molecule has 0 amide bonds. The first-order valence-electron chi connectivity index (χ1n) is 4.74. The van der Waals surface area contributed by atoms with Gasteiger partial charge in [0, 0.05) is 0 Å². The van der Waals surface area contributed by atoms with Crippen LogP contribution in [0.4, 0.5) is 5.69 Å². The molecule has 0 aliphatic rings. The molecule has 1 rings (SSSR count). The zero-order valence-electron chi connectivity index (χ0n) is 8.82. The van der Waals surface area contributed by atoms with E-state index < -0.39 is 11.4 Å². The van der Waals surface area contributed by atoms with Crippen LogP contribution >= 0.6 is 0 Å². The highest BCUT2D eigenvalue weighted by atomic mass is 16.4. The molecule has 0 saturated heterocycles. The van der Waals surface area contributed by atoms with Crippen molar-refractivity contribution in [1.82, 2.24) is 0 Å². The SMILES string of the molecule is CCC(C)(C(=O)O)c1ccc(O)c(N)c1. The minimum atomic E-state index is -0.957. The first-order valence-corrected chi connectivity index (χ1v) is 4.74. The quantitative estimate of drug-likeness (QED) is 0.523. The second-order valence-electron chi connectivity index (χ2n) is 3.76. The summed E-state index contributed by atoms with van der Waals surface area (Å²) in [6.07, 6.45) is 0.465. The van der Waals surface area contributed by atoms with Crippen molar-refractivity contribution in [2.45, 2.75) is 25.7 Å². The van der Waals surface area contributed by atoms with Gasteiger partial charge in [0.05, 0.1) is 11.1 Å². The number of benzene rings is 1. The average molecular weight is 209 g/mol. The van der Waals surface area contributed by atoms with E-state index in [1.54, 1.807) is 19.9 Å². The van der Waals surface area contributed by atoms with Crippen LogP contribution in [0.5, 0.6) is 5.75 Å². The molecular formula is C11H15NO3. The number of phenolic OH excluding ortho intramolecular Hbond substituents is 1. The van der Waals surface area contributed by atoms with Gasteiger partial charge < -0.3 is 15.9 Å². The maximum absolute atomic E-state index is 11.1. The molecule has 0 heterocycles. The van der Waals surface area contributed by atoms with E-state index in [-0.39, 0.29) is 11.4 Å². The zero-order valence-corrected chi connectivity index (χ0v) is 8.82. The van der Waals surface area contributed by atoms with Crippen molar-refractivity contribution in [3.8, 4) is 5.75 Å². The van der Waals surface area contributed by atoms with E-state index in [4.69, 9.17) is 10.8 Å². The summed E-state index contributed by atoms with van der Waals surface area (Å²) in [6.45, 7) is 3.44. The average Bonchev–Trinajstić information content (AvgIpc) is 2.20. The van der Waals surface area contributed by atoms with Gasteiger partial charge in [-0.2, -0.15) is 0 Å². The van der Waals surface area contributed by atoms with E-state index in [0.717, 1.165) is 0 Å². The number of nitrogen functional groups attached to an aromatic ring is 1. The molecule has 0 aromatic heterocycles. The first-order chi connectivity index (χ1) is 6.91. The molecule has 0 saturated carbocycles. The number of nitrogens with two attached hydrogens (primary N) is 1. The van der Waals surface area contributed by atoms with E-state index in [1.165, 1.54) is 12.1 Å². The summed E-state index contributed by atoms with van der Waals surface area (Å²) in [5.41, 5.74) is 5.38. The highest BCUT2D eigenvalue weighted by Crippen LogP contribution is 2.32. The van der Waals surface area contributed by atoms with E-state index in [9.17, 15) is 9.90 Å². The van der Waals surface area contributed by atoms with Crippen LogP contribution in [0.25, 0.3) is 0 Å². The van der Waals surface area contributed by atoms with Crippen molar-refractivity contribution in [3.63, 3.8) is 0 Å². The van der Waals surface area contributed by atoms with Crippen LogP contribution in [0.15, 0.2) is 18.2 Å². The van der Waals surface area contributed by atoms with E-state index in [2.05, 4.69) is 0 Å². The van der Waals surface area contributed by atoms with Gasteiger partial charge in [-0.05, 0) is 31.0 Å². The van der Waals surface area contributed by atoms with Crippen molar-refractivity contribution in [3.05, 3.63) is 23.8 Å². The third-order valence-electron chi connectivity index (χ3n) is 2.84. The first kappa shape index (κ1) is 11.4. The number of rotatable bonds is 3. The molecule has 1 unspecified atom stereocenters. The number of anilines is 1. The molecule has 1 aromatic carbocycles. The van der Waals surface area contributed by atoms with Gasteiger partial charge in [0.1, 0.15) is 5.75 Å². The van der Waals surface area contributed by atoms with Gasteiger partial charge in [0.2, 0.25) is 0 Å². The number of aromatic hydroxyl groups is 1. The van der Waals surface area contributed by atoms with Crippen molar-refractivity contribution in [1.29, 1.82) is 0 Å². The predicted molar refractivity (Wildman–Crippen MR) is 57.8 cm³/mol. The molecule has 0 radical (unpaired) electrons. The molecule has 0 aliphatic heterocycles. The lowest BCUT2D eigenvalue weighted by atomic mass is 9.80. The molecule has 1 aromatic rings. The van der Waals surface area contributed by atoms with E-state index >= 15 is 0 Å². The highest BCUT2D eigenvalue weighted by molar-refractivity contribution is 5.81. The van der Waals surface area contributed by atoms with Gasteiger partial charge in [-0.3, -0.25) is 4.79 Å². The number of carboxylic acids is 1. The lowest BCUT2D eigenvalue weighted by Crippen LogP contribution is -2.31. The fourth-order valence-corrected chi connectivity index (χ4v) is 1.38. The largest absolute Gasteiger partial charge is 0.506 e. The van der Waals surface area contributed by atoms with Crippen LogP contribution < -0.4 is 5.73 Å². The Labute approximate surface area is 88.3 Å². The van der Waals surface area contributed by atoms with Crippen LogP contribution in [-0.4, -0.2) is 16.2 Å². The van der Waals surface area contributed by atoms with Gasteiger partial charge >= 0.3 is 5.97 Å². The Balaban J connectivity index is 3.25. The standard InChI is InChI=1S/C11H15NO3/c1-3-11(2,10(14)15)7-4-5-9(13)8(12)6-7/h4-6,13H,3,12H2,1-2H3,(H,14,15). The van der Waals surface area contributed by atoms with Gasteiger partial charge in [-0.1, -0.05) is 13.0 Å². The minimum Gasteiger partial charge on any atom is -0.506 e. The highest BCUT2D eigenvalue weighted by Gasteiger charge is 2.33. The Morgan fingerprint density at radius 2 is 2.13 bits per heavy atom. The molecule has 4 N–H and O–H groups in total. The molecule has 4 heteroatoms. The smallest absolute Gasteiger partial charge is 0.313 e. The second-order valence-corrected chi connectivity index (χ2v) is 3.76. The van der Waals surface area contributed by atoms with Crippen LogP contribution in [0.3, 0.4) is 0 Å². The number of aliphatic carboxylic acids is 1. The summed E-state index contributed by atoms with van der Waals surface area (Å²) in [7, 11) is 0. The van der Waals surface area contributed by atoms with Crippen LogP contribution in [0.2, 0.25) is 0 Å². The number of carboxylic acid groups (broad SMARTS) is 1. The number of hydrogen-bond donors (Lipinski definition) is 3. The third-order valence-corrected chi connectivity index (χ3v) is 2.84. The van der Waals surface area contributed by atoms with Crippen LogP contribution in [0.1, 0.15) is 25.8 Å². The minimum absolute atomic E-state index is 0.0254. The number of hydrogen-bond acceptors (Lipinski definition) is 3. The zero-order chi connectivity index (χ0) is 11.6. The fraction of sp³-hybridized carbons (Fsp3) is 0.364. The molecule has 0 fully saturated rings. The molecule has 4 nitrogen and oxygen atoms in total. The third kappa shape index (κ3) is 1.88. The Kier molecular flexibility index (Phi) is 2.88. The number of phenols is 1. The summed E-state index contributed by atoms with van der Waals surface area (Å²) >= 11 is 0. The maximum atomic E-state index is 11.1. The fourth-order valence-electron chi connectivity index (χ4n) is 1.38. The van der Waals surface area contributed by atoms with Crippen molar-refractivity contribution in [2.24, 2.45) is 0 Å². The van der Waals surface area contributed by atoms with E-state index in [0.29, 0.717) is 12.0 Å². The van der Waals surface area contributed by atoms with Crippen LogP contribution in [0, 0.1) is 0 Å². The monoisotopic (exact) mass is 209 g/mol. The van der Waals surface area contributed by atoms with Crippen molar-refractivity contribution < 1.29 is 15.0 Å². The van der Waals surface area contributed by atoms with Gasteiger partial charge in [-0.25, -0.2) is 0 Å². The van der Waals surface area contributed by atoms with Crippen molar-refractivity contribution in [2.75, 3.05) is 5.73 Å². The normalized spacial score (nSPS) is 14.5. The second kappa shape index (κ2) is 3.81. The Hall–Kier alpha value is -1.71. The van der Waals surface area contributed by atoms with Gasteiger partial charge in [0.25, 0.3) is 0 Å². The summed E-state index contributed by atoms with van der Waals surface area (Å²) in [5.74, 6) is -0.919. The Morgan fingerprint density at radius 3 is 2.53 bits per heavy atom. The lowest BCUT2D eigenvalue weighted by molar-refractivity contribution is -0.143. The summed E-state index contributed by atoms with van der Waals surface area (Å²) in [5, 5.41) is 18.4.